The molecule has 0 N–H and O–H groups in total. The fraction of sp³-hybridized carbons (Fsp3) is 0.118. The second kappa shape index (κ2) is 4.50. The Bertz CT molecular complexity index is 632. The molecule has 0 spiro atoms. The first-order chi connectivity index (χ1) is 8.88. The van der Waals surface area contributed by atoms with Crippen LogP contribution >= 0.6 is 0 Å². The van der Waals surface area contributed by atoms with Gasteiger partial charge in [-0.2, -0.15) is 5.26 Å². The van der Waals surface area contributed by atoms with E-state index in [0.29, 0.717) is 0 Å². The minimum Gasteiger partial charge on any atom is -0.193 e. The minimum atomic E-state index is 0.200. The Morgan fingerprint density at radius 1 is 0.944 bits per heavy atom. The van der Waals surface area contributed by atoms with Crippen molar-refractivity contribution in [3.63, 3.8) is 0 Å². The third-order valence-corrected chi connectivity index (χ3v) is 3.50. The first-order valence-corrected chi connectivity index (χ1v) is 6.13. The van der Waals surface area contributed by atoms with E-state index in [-0.39, 0.29) is 5.92 Å². The Balaban J connectivity index is 2.08. The molecule has 1 nitrogen and oxygen atoms in total. The van der Waals surface area contributed by atoms with E-state index < -0.39 is 0 Å². The van der Waals surface area contributed by atoms with Crippen molar-refractivity contribution in [1.29, 1.82) is 5.26 Å². The summed E-state index contributed by atoms with van der Waals surface area (Å²) in [6.45, 7) is 0. The highest BCUT2D eigenvalue weighted by atomic mass is 14.3. The van der Waals surface area contributed by atoms with Crippen LogP contribution in [-0.2, 0) is 6.42 Å². The summed E-state index contributed by atoms with van der Waals surface area (Å²) in [6, 6.07) is 20.9. The number of benzene rings is 2. The van der Waals surface area contributed by atoms with Crippen molar-refractivity contribution >= 4 is 6.08 Å². The highest BCUT2D eigenvalue weighted by Crippen LogP contribution is 2.34. The molecule has 2 aromatic rings. The number of hydrogen-bond donors (Lipinski definition) is 0. The topological polar surface area (TPSA) is 23.8 Å². The van der Waals surface area contributed by atoms with Crippen LogP contribution in [0.2, 0.25) is 0 Å². The van der Waals surface area contributed by atoms with E-state index in [1.807, 2.05) is 30.3 Å². The molecule has 3 rings (SSSR count). The van der Waals surface area contributed by atoms with Gasteiger partial charge in [-0.05, 0) is 29.2 Å². The van der Waals surface area contributed by atoms with Crippen LogP contribution in [0.25, 0.3) is 6.08 Å². The standard InChI is InChI=1S/C17H13N/c18-12-16-10-14-8-4-5-9-15(14)11-17(16)13-6-2-1-3-7-13/h1-10,17H,11H2. The van der Waals surface area contributed by atoms with Crippen molar-refractivity contribution < 1.29 is 0 Å². The zero-order valence-electron chi connectivity index (χ0n) is 10.0. The van der Waals surface area contributed by atoms with Gasteiger partial charge >= 0.3 is 0 Å². The summed E-state index contributed by atoms with van der Waals surface area (Å²) >= 11 is 0. The number of rotatable bonds is 1. The fourth-order valence-electron chi connectivity index (χ4n) is 2.55. The molecule has 0 aromatic heterocycles. The van der Waals surface area contributed by atoms with Gasteiger partial charge in [-0.1, -0.05) is 54.6 Å². The molecule has 0 aliphatic heterocycles. The highest BCUT2D eigenvalue weighted by Gasteiger charge is 2.22. The van der Waals surface area contributed by atoms with E-state index >= 15 is 0 Å². The van der Waals surface area contributed by atoms with Crippen LogP contribution in [0.4, 0.5) is 0 Å². The van der Waals surface area contributed by atoms with Crippen molar-refractivity contribution in [1.82, 2.24) is 0 Å². The molecule has 0 radical (unpaired) electrons. The molecule has 0 bridgehead atoms. The van der Waals surface area contributed by atoms with Gasteiger partial charge in [0.15, 0.2) is 0 Å². The van der Waals surface area contributed by atoms with Gasteiger partial charge in [-0.3, -0.25) is 0 Å². The average Bonchev–Trinajstić information content (AvgIpc) is 2.46. The number of nitriles is 1. The second-order valence-corrected chi connectivity index (χ2v) is 4.58. The molecule has 0 fully saturated rings. The van der Waals surface area contributed by atoms with Crippen LogP contribution in [0, 0.1) is 11.3 Å². The smallest absolute Gasteiger partial charge is 0.0953 e. The Labute approximate surface area is 107 Å². The molecule has 86 valence electrons. The monoisotopic (exact) mass is 231 g/mol. The molecule has 1 atom stereocenters. The lowest BCUT2D eigenvalue weighted by molar-refractivity contribution is 0.799. The van der Waals surface area contributed by atoms with Gasteiger partial charge in [0.2, 0.25) is 0 Å². The average molecular weight is 231 g/mol. The summed E-state index contributed by atoms with van der Waals surface area (Å²) in [7, 11) is 0. The van der Waals surface area contributed by atoms with E-state index in [9.17, 15) is 5.26 Å². The molecule has 0 amide bonds. The van der Waals surface area contributed by atoms with Gasteiger partial charge in [0, 0.05) is 11.5 Å². The Morgan fingerprint density at radius 3 is 2.44 bits per heavy atom. The van der Waals surface area contributed by atoms with Gasteiger partial charge in [0.05, 0.1) is 6.07 Å². The molecule has 0 saturated heterocycles. The first-order valence-electron chi connectivity index (χ1n) is 6.13. The third kappa shape index (κ3) is 1.83. The molecule has 0 heterocycles. The summed E-state index contributed by atoms with van der Waals surface area (Å²) < 4.78 is 0. The molecule has 1 aliphatic rings. The molecule has 1 heteroatoms. The fourth-order valence-corrected chi connectivity index (χ4v) is 2.55. The van der Waals surface area contributed by atoms with Gasteiger partial charge in [0.25, 0.3) is 0 Å². The molecule has 18 heavy (non-hydrogen) atoms. The van der Waals surface area contributed by atoms with Crippen molar-refractivity contribution in [2.75, 3.05) is 0 Å². The summed E-state index contributed by atoms with van der Waals surface area (Å²) in [6.07, 6.45) is 2.94. The largest absolute Gasteiger partial charge is 0.193 e. The number of fused-ring (bicyclic) bond motifs is 1. The molecular weight excluding hydrogens is 218 g/mol. The number of hydrogen-bond acceptors (Lipinski definition) is 1. The maximum Gasteiger partial charge on any atom is 0.0953 e. The van der Waals surface area contributed by atoms with E-state index in [1.54, 1.807) is 0 Å². The van der Waals surface area contributed by atoms with Crippen LogP contribution < -0.4 is 0 Å². The van der Waals surface area contributed by atoms with Crippen molar-refractivity contribution in [3.8, 4) is 6.07 Å². The zero-order valence-corrected chi connectivity index (χ0v) is 10.0. The number of nitrogens with zero attached hydrogens (tertiary/aromatic N) is 1. The van der Waals surface area contributed by atoms with Crippen molar-refractivity contribution in [2.45, 2.75) is 12.3 Å². The molecule has 0 saturated carbocycles. The summed E-state index contributed by atoms with van der Waals surface area (Å²) in [5, 5.41) is 9.33. The maximum atomic E-state index is 9.33. The van der Waals surface area contributed by atoms with Crippen LogP contribution in [0.5, 0.6) is 0 Å². The van der Waals surface area contributed by atoms with Gasteiger partial charge in [-0.15, -0.1) is 0 Å². The van der Waals surface area contributed by atoms with Crippen LogP contribution in [0.1, 0.15) is 22.6 Å². The zero-order chi connectivity index (χ0) is 12.4. The lowest BCUT2D eigenvalue weighted by atomic mass is 9.80. The predicted octanol–water partition coefficient (Wildman–Crippen LogP) is 3.93. The Hall–Kier alpha value is -2.33. The van der Waals surface area contributed by atoms with Gasteiger partial charge in [-0.25, -0.2) is 0 Å². The SMILES string of the molecule is N#CC1=Cc2ccccc2CC1c1ccccc1. The summed E-state index contributed by atoms with van der Waals surface area (Å²) in [5.41, 5.74) is 4.59. The van der Waals surface area contributed by atoms with E-state index in [1.165, 1.54) is 16.7 Å². The first kappa shape index (κ1) is 10.8. The minimum absolute atomic E-state index is 0.200. The molecule has 2 aromatic carbocycles. The molecule has 1 aliphatic carbocycles. The highest BCUT2D eigenvalue weighted by molar-refractivity contribution is 5.66. The van der Waals surface area contributed by atoms with Crippen molar-refractivity contribution in [2.24, 2.45) is 0 Å². The maximum absolute atomic E-state index is 9.33. The third-order valence-electron chi connectivity index (χ3n) is 3.50. The quantitative estimate of drug-likeness (QED) is 0.729. The van der Waals surface area contributed by atoms with E-state index in [4.69, 9.17) is 0 Å². The number of allylic oxidation sites excluding steroid dienone is 1. The van der Waals surface area contributed by atoms with E-state index in [2.05, 4.69) is 36.4 Å². The molecular formula is C17H13N. The Morgan fingerprint density at radius 2 is 1.67 bits per heavy atom. The lowest BCUT2D eigenvalue weighted by Crippen LogP contribution is -2.10. The summed E-state index contributed by atoms with van der Waals surface area (Å²) in [4.78, 5) is 0. The van der Waals surface area contributed by atoms with E-state index in [0.717, 1.165) is 12.0 Å². The van der Waals surface area contributed by atoms with Crippen molar-refractivity contribution in [3.05, 3.63) is 76.9 Å². The Kier molecular flexibility index (Phi) is 2.70. The summed E-state index contributed by atoms with van der Waals surface area (Å²) in [5.74, 6) is 0.200. The lowest BCUT2D eigenvalue weighted by Gasteiger charge is -2.22. The van der Waals surface area contributed by atoms with Gasteiger partial charge in [0.1, 0.15) is 0 Å². The van der Waals surface area contributed by atoms with Crippen LogP contribution in [0.3, 0.4) is 0 Å². The van der Waals surface area contributed by atoms with Gasteiger partial charge < -0.3 is 0 Å². The van der Waals surface area contributed by atoms with Crippen LogP contribution in [-0.4, -0.2) is 0 Å². The van der Waals surface area contributed by atoms with Crippen LogP contribution in [0.15, 0.2) is 60.2 Å². The normalized spacial score (nSPS) is 17.5. The second-order valence-electron chi connectivity index (χ2n) is 4.58. The molecule has 1 unspecified atom stereocenters. The predicted molar refractivity (Wildman–Crippen MR) is 72.9 cm³/mol.